The van der Waals surface area contributed by atoms with Crippen molar-refractivity contribution in [1.82, 2.24) is 0 Å². The van der Waals surface area contributed by atoms with Gasteiger partial charge in [-0.3, -0.25) is 0 Å². The zero-order chi connectivity index (χ0) is 13.2. The quantitative estimate of drug-likeness (QED) is 0.737. The molecular weight excluding hydrogens is 236 g/mol. The van der Waals surface area contributed by atoms with Gasteiger partial charge in [0, 0.05) is 5.39 Å². The van der Waals surface area contributed by atoms with Crippen molar-refractivity contribution >= 4 is 10.8 Å². The highest BCUT2D eigenvalue weighted by atomic mass is 16.5. The lowest BCUT2D eigenvalue weighted by atomic mass is 9.98. The number of hydrogen-bond donors (Lipinski definition) is 1. The van der Waals surface area contributed by atoms with E-state index in [9.17, 15) is 5.11 Å². The molecule has 0 saturated carbocycles. The van der Waals surface area contributed by atoms with Crippen molar-refractivity contribution in [2.75, 3.05) is 7.11 Å². The van der Waals surface area contributed by atoms with Crippen LogP contribution >= 0.6 is 0 Å². The highest BCUT2D eigenvalue weighted by molar-refractivity contribution is 6.00. The molecule has 0 unspecified atom stereocenters. The summed E-state index contributed by atoms with van der Waals surface area (Å²) in [4.78, 5) is 0. The summed E-state index contributed by atoms with van der Waals surface area (Å²) in [5.41, 5.74) is 2.24. The predicted molar refractivity (Wildman–Crippen MR) is 77.6 cm³/mol. The molecule has 3 aromatic rings. The van der Waals surface area contributed by atoms with Gasteiger partial charge in [0.1, 0.15) is 0 Å². The first-order valence-corrected chi connectivity index (χ1v) is 6.15. The second-order valence-electron chi connectivity index (χ2n) is 4.38. The van der Waals surface area contributed by atoms with Crippen LogP contribution in [0.1, 0.15) is 0 Å². The molecule has 0 bridgehead atoms. The van der Waals surface area contributed by atoms with Crippen LogP contribution in [0.5, 0.6) is 11.5 Å². The van der Waals surface area contributed by atoms with Gasteiger partial charge in [-0.15, -0.1) is 0 Å². The van der Waals surface area contributed by atoms with Crippen LogP contribution in [-0.4, -0.2) is 12.2 Å². The lowest BCUT2D eigenvalue weighted by molar-refractivity contribution is 0.376. The lowest BCUT2D eigenvalue weighted by Crippen LogP contribution is -1.86. The number of hydrogen-bond acceptors (Lipinski definition) is 2. The maximum Gasteiger partial charge on any atom is 0.165 e. The van der Waals surface area contributed by atoms with E-state index in [1.165, 1.54) is 0 Å². The number of phenols is 1. The molecule has 3 rings (SSSR count). The standard InChI is InChI=1S/C17H14O2/c1-19-16-11-10-14-13(12-6-3-2-4-7-12)8-5-9-15(14)17(16)18/h2-11,18H,1H3. The largest absolute Gasteiger partial charge is 0.504 e. The summed E-state index contributed by atoms with van der Waals surface area (Å²) in [5, 5.41) is 12.0. The van der Waals surface area contributed by atoms with Gasteiger partial charge in [0.2, 0.25) is 0 Å². The Morgan fingerprint density at radius 3 is 2.32 bits per heavy atom. The zero-order valence-electron chi connectivity index (χ0n) is 10.6. The highest BCUT2D eigenvalue weighted by Gasteiger charge is 2.10. The molecule has 94 valence electrons. The number of aromatic hydroxyl groups is 1. The fourth-order valence-electron chi connectivity index (χ4n) is 2.36. The first-order chi connectivity index (χ1) is 9.31. The first-order valence-electron chi connectivity index (χ1n) is 6.15. The average molecular weight is 250 g/mol. The maximum absolute atomic E-state index is 10.2. The summed E-state index contributed by atoms with van der Waals surface area (Å²) in [6, 6.07) is 19.8. The second kappa shape index (κ2) is 4.65. The number of rotatable bonds is 2. The fourth-order valence-corrected chi connectivity index (χ4v) is 2.36. The van der Waals surface area contributed by atoms with Gasteiger partial charge in [-0.1, -0.05) is 48.5 Å². The Morgan fingerprint density at radius 1 is 0.789 bits per heavy atom. The first kappa shape index (κ1) is 11.6. The molecular formula is C17H14O2. The van der Waals surface area contributed by atoms with E-state index >= 15 is 0 Å². The molecule has 0 fully saturated rings. The molecule has 2 nitrogen and oxygen atoms in total. The van der Waals surface area contributed by atoms with Gasteiger partial charge < -0.3 is 9.84 Å². The molecule has 0 atom stereocenters. The summed E-state index contributed by atoms with van der Waals surface area (Å²) in [5.74, 6) is 0.690. The molecule has 3 aromatic carbocycles. The fraction of sp³-hybridized carbons (Fsp3) is 0.0588. The van der Waals surface area contributed by atoms with Gasteiger partial charge in [0.15, 0.2) is 11.5 Å². The van der Waals surface area contributed by atoms with Crippen molar-refractivity contribution < 1.29 is 9.84 Å². The summed E-state index contributed by atoms with van der Waals surface area (Å²) in [6.07, 6.45) is 0. The molecule has 0 aliphatic carbocycles. The van der Waals surface area contributed by atoms with Gasteiger partial charge in [0.25, 0.3) is 0 Å². The van der Waals surface area contributed by atoms with Gasteiger partial charge in [-0.05, 0) is 28.6 Å². The Morgan fingerprint density at radius 2 is 1.58 bits per heavy atom. The Labute approximate surface area is 111 Å². The van der Waals surface area contributed by atoms with E-state index in [0.29, 0.717) is 5.75 Å². The van der Waals surface area contributed by atoms with Crippen LogP contribution < -0.4 is 4.74 Å². The summed E-state index contributed by atoms with van der Waals surface area (Å²) in [7, 11) is 1.56. The predicted octanol–water partition coefficient (Wildman–Crippen LogP) is 4.22. The zero-order valence-corrected chi connectivity index (χ0v) is 10.6. The lowest BCUT2D eigenvalue weighted by Gasteiger charge is -2.10. The Hall–Kier alpha value is -2.48. The van der Waals surface area contributed by atoms with Crippen molar-refractivity contribution in [2.24, 2.45) is 0 Å². The molecule has 0 aliphatic heterocycles. The normalized spacial score (nSPS) is 10.6. The minimum atomic E-state index is 0.192. The van der Waals surface area contributed by atoms with E-state index in [0.717, 1.165) is 21.9 Å². The molecule has 19 heavy (non-hydrogen) atoms. The van der Waals surface area contributed by atoms with Crippen LogP contribution in [0.3, 0.4) is 0 Å². The minimum Gasteiger partial charge on any atom is -0.504 e. The maximum atomic E-state index is 10.2. The molecule has 0 spiro atoms. The third-order valence-electron chi connectivity index (χ3n) is 3.30. The summed E-state index contributed by atoms with van der Waals surface area (Å²) < 4.78 is 5.15. The van der Waals surface area contributed by atoms with Crippen molar-refractivity contribution in [3.05, 3.63) is 60.7 Å². The van der Waals surface area contributed by atoms with Crippen LogP contribution in [0.2, 0.25) is 0 Å². The third-order valence-corrected chi connectivity index (χ3v) is 3.30. The van der Waals surface area contributed by atoms with E-state index in [4.69, 9.17) is 4.74 Å². The molecule has 1 N–H and O–H groups in total. The Kier molecular flexibility index (Phi) is 2.84. The van der Waals surface area contributed by atoms with Crippen molar-refractivity contribution in [1.29, 1.82) is 0 Å². The number of benzene rings is 3. The van der Waals surface area contributed by atoms with Crippen LogP contribution in [0, 0.1) is 0 Å². The number of ether oxygens (including phenoxy) is 1. The van der Waals surface area contributed by atoms with Gasteiger partial charge in [-0.25, -0.2) is 0 Å². The summed E-state index contributed by atoms with van der Waals surface area (Å²) in [6.45, 7) is 0. The molecule has 0 aromatic heterocycles. The van der Waals surface area contributed by atoms with Crippen LogP contribution in [0.25, 0.3) is 21.9 Å². The van der Waals surface area contributed by atoms with Crippen LogP contribution in [-0.2, 0) is 0 Å². The number of methoxy groups -OCH3 is 1. The van der Waals surface area contributed by atoms with Crippen LogP contribution in [0.15, 0.2) is 60.7 Å². The number of fused-ring (bicyclic) bond motifs is 1. The molecule has 0 saturated heterocycles. The molecule has 2 heteroatoms. The molecule has 0 amide bonds. The van der Waals surface area contributed by atoms with E-state index in [-0.39, 0.29) is 5.75 Å². The molecule has 0 radical (unpaired) electrons. The molecule has 0 heterocycles. The van der Waals surface area contributed by atoms with E-state index < -0.39 is 0 Å². The Bertz CT molecular complexity index is 718. The van der Waals surface area contributed by atoms with E-state index in [1.807, 2.05) is 36.4 Å². The van der Waals surface area contributed by atoms with Crippen molar-refractivity contribution in [3.8, 4) is 22.6 Å². The van der Waals surface area contributed by atoms with Gasteiger partial charge >= 0.3 is 0 Å². The highest BCUT2D eigenvalue weighted by Crippen LogP contribution is 2.38. The van der Waals surface area contributed by atoms with Gasteiger partial charge in [-0.2, -0.15) is 0 Å². The monoisotopic (exact) mass is 250 g/mol. The number of phenolic OH excluding ortho intramolecular Hbond substituents is 1. The van der Waals surface area contributed by atoms with E-state index in [2.05, 4.69) is 18.2 Å². The minimum absolute atomic E-state index is 0.192. The topological polar surface area (TPSA) is 29.5 Å². The average Bonchev–Trinajstić information content (AvgIpc) is 2.48. The SMILES string of the molecule is COc1ccc2c(-c3ccccc3)cccc2c1O. The van der Waals surface area contributed by atoms with Gasteiger partial charge in [0.05, 0.1) is 7.11 Å². The van der Waals surface area contributed by atoms with Crippen molar-refractivity contribution in [2.45, 2.75) is 0 Å². The van der Waals surface area contributed by atoms with E-state index in [1.54, 1.807) is 13.2 Å². The third kappa shape index (κ3) is 1.91. The Balaban J connectivity index is 2.31. The smallest absolute Gasteiger partial charge is 0.165 e. The second-order valence-corrected chi connectivity index (χ2v) is 4.38. The van der Waals surface area contributed by atoms with Crippen molar-refractivity contribution in [3.63, 3.8) is 0 Å². The van der Waals surface area contributed by atoms with Crippen LogP contribution in [0.4, 0.5) is 0 Å². The molecule has 0 aliphatic rings. The summed E-state index contributed by atoms with van der Waals surface area (Å²) >= 11 is 0.